The van der Waals surface area contributed by atoms with Crippen LogP contribution in [0, 0.1) is 6.92 Å². The minimum Gasteiger partial charge on any atom is -0.341 e. The number of nitrogens with one attached hydrogen (secondary N) is 1. The van der Waals surface area contributed by atoms with Crippen molar-refractivity contribution in [1.29, 1.82) is 0 Å². The first kappa shape index (κ1) is 22.0. The molecule has 0 saturated carbocycles. The summed E-state index contributed by atoms with van der Waals surface area (Å²) in [4.78, 5) is 12.8. The predicted octanol–water partition coefficient (Wildman–Crippen LogP) is 4.52. The molecule has 1 N–H and O–H groups in total. The Morgan fingerprint density at radius 2 is 1.66 bits per heavy atom. The number of anilines is 1. The van der Waals surface area contributed by atoms with Crippen LogP contribution in [-0.4, -0.2) is 36.0 Å². The summed E-state index contributed by atoms with van der Waals surface area (Å²) in [6.45, 7) is 4.82. The average Bonchev–Trinajstić information content (AvgIpc) is 3.07. The van der Waals surface area contributed by atoms with Gasteiger partial charge in [0.05, 0.1) is 12.8 Å². The van der Waals surface area contributed by atoms with Crippen molar-refractivity contribution in [3.05, 3.63) is 77.9 Å². The van der Waals surface area contributed by atoms with Crippen LogP contribution in [0.5, 0.6) is 0 Å². The number of hydrogen-bond acceptors (Lipinski definition) is 3. The van der Waals surface area contributed by atoms with E-state index in [4.69, 9.17) is 0 Å². The second-order valence-electron chi connectivity index (χ2n) is 8.06. The molecular weight excluding hydrogens is 422 g/mol. The van der Waals surface area contributed by atoms with Crippen LogP contribution >= 0.6 is 0 Å². The number of aromatic nitrogens is 1. The lowest BCUT2D eigenvalue weighted by atomic mass is 10.1. The van der Waals surface area contributed by atoms with Gasteiger partial charge in [0.2, 0.25) is 15.9 Å². The van der Waals surface area contributed by atoms with E-state index in [1.165, 1.54) is 4.31 Å². The summed E-state index contributed by atoms with van der Waals surface area (Å²) in [5.74, 6) is -0.374. The maximum atomic E-state index is 12.8. The zero-order valence-electron chi connectivity index (χ0n) is 18.5. The van der Waals surface area contributed by atoms with E-state index in [1.54, 1.807) is 0 Å². The molecule has 1 aromatic heterocycles. The number of aryl methyl sites for hydroxylation is 2. The van der Waals surface area contributed by atoms with E-state index in [0.29, 0.717) is 5.69 Å². The van der Waals surface area contributed by atoms with Gasteiger partial charge in [0.1, 0.15) is 0 Å². The van der Waals surface area contributed by atoms with Crippen molar-refractivity contribution in [2.45, 2.75) is 26.9 Å². The first-order valence-electron chi connectivity index (χ1n) is 10.6. The van der Waals surface area contributed by atoms with Crippen LogP contribution in [0.2, 0.25) is 0 Å². The van der Waals surface area contributed by atoms with Crippen LogP contribution in [0.4, 0.5) is 5.69 Å². The average molecular weight is 450 g/mol. The molecule has 32 heavy (non-hydrogen) atoms. The summed E-state index contributed by atoms with van der Waals surface area (Å²) < 4.78 is 28.0. The molecule has 4 aromatic rings. The normalized spacial score (nSPS) is 12.0. The molecule has 0 unspecified atom stereocenters. The van der Waals surface area contributed by atoms with Crippen molar-refractivity contribution in [1.82, 2.24) is 8.87 Å². The molecule has 0 aliphatic rings. The van der Waals surface area contributed by atoms with Crippen molar-refractivity contribution in [3.8, 4) is 0 Å². The highest BCUT2D eigenvalue weighted by molar-refractivity contribution is 7.88. The summed E-state index contributed by atoms with van der Waals surface area (Å²) in [5.41, 5.74) is 4.82. The number of sulfonamides is 1. The molecular formula is C25H27N3O3S. The van der Waals surface area contributed by atoms with Gasteiger partial charge in [-0.05, 0) is 43.7 Å². The molecule has 166 valence electrons. The maximum absolute atomic E-state index is 12.8. The summed E-state index contributed by atoms with van der Waals surface area (Å²) in [6.07, 6.45) is 1.13. The van der Waals surface area contributed by atoms with Crippen molar-refractivity contribution < 1.29 is 13.2 Å². The Bertz CT molecular complexity index is 1390. The van der Waals surface area contributed by atoms with E-state index in [9.17, 15) is 13.2 Å². The highest BCUT2D eigenvalue weighted by Crippen LogP contribution is 2.31. The van der Waals surface area contributed by atoms with Crippen LogP contribution in [0.25, 0.3) is 21.8 Å². The Morgan fingerprint density at radius 1 is 0.969 bits per heavy atom. The Labute approximate surface area is 188 Å². The highest BCUT2D eigenvalue weighted by Gasteiger charge is 2.21. The number of fused-ring (bicyclic) bond motifs is 3. The van der Waals surface area contributed by atoms with Gasteiger partial charge in [-0.15, -0.1) is 0 Å². The van der Waals surface area contributed by atoms with E-state index in [2.05, 4.69) is 28.9 Å². The third kappa shape index (κ3) is 4.54. The van der Waals surface area contributed by atoms with E-state index in [0.717, 1.165) is 45.7 Å². The number of hydrogen-bond donors (Lipinski definition) is 1. The topological polar surface area (TPSA) is 71.4 Å². The fourth-order valence-electron chi connectivity index (χ4n) is 4.02. The van der Waals surface area contributed by atoms with E-state index >= 15 is 0 Å². The molecule has 0 aliphatic carbocycles. The molecule has 3 aromatic carbocycles. The molecule has 0 aliphatic heterocycles. The SMILES string of the molecule is CCn1c2ccccc2c2cc(NC(=O)CN(Cc3ccc(C)cc3)S(C)(=O)=O)ccc21. The Balaban J connectivity index is 1.57. The number of benzene rings is 3. The van der Waals surface area contributed by atoms with Crippen LogP contribution in [0.15, 0.2) is 66.7 Å². The van der Waals surface area contributed by atoms with Gasteiger partial charge >= 0.3 is 0 Å². The van der Waals surface area contributed by atoms with Crippen LogP contribution in [0.1, 0.15) is 18.1 Å². The Hall–Kier alpha value is -3.16. The lowest BCUT2D eigenvalue weighted by Gasteiger charge is -2.19. The van der Waals surface area contributed by atoms with Crippen molar-refractivity contribution in [3.63, 3.8) is 0 Å². The Morgan fingerprint density at radius 3 is 2.34 bits per heavy atom. The molecule has 0 atom stereocenters. The number of rotatable bonds is 7. The fraction of sp³-hybridized carbons (Fsp3) is 0.240. The van der Waals surface area contributed by atoms with Gasteiger partial charge in [-0.2, -0.15) is 4.31 Å². The van der Waals surface area contributed by atoms with Gasteiger partial charge in [-0.25, -0.2) is 8.42 Å². The number of carbonyl (C=O) groups excluding carboxylic acids is 1. The third-order valence-electron chi connectivity index (χ3n) is 5.64. The molecule has 0 fully saturated rings. The molecule has 7 heteroatoms. The number of carbonyl (C=O) groups is 1. The monoisotopic (exact) mass is 449 g/mol. The molecule has 0 radical (unpaired) electrons. The molecule has 0 saturated heterocycles. The molecule has 6 nitrogen and oxygen atoms in total. The van der Waals surface area contributed by atoms with Crippen LogP contribution in [0.3, 0.4) is 0 Å². The lowest BCUT2D eigenvalue weighted by molar-refractivity contribution is -0.116. The summed E-state index contributed by atoms with van der Waals surface area (Å²) in [6, 6.07) is 21.6. The minimum absolute atomic E-state index is 0.148. The van der Waals surface area contributed by atoms with Crippen molar-refractivity contribution in [2.75, 3.05) is 18.1 Å². The number of para-hydroxylation sites is 1. The minimum atomic E-state index is -3.55. The molecule has 4 rings (SSSR count). The van der Waals surface area contributed by atoms with Gasteiger partial charge in [-0.1, -0.05) is 48.0 Å². The maximum Gasteiger partial charge on any atom is 0.239 e. The smallest absolute Gasteiger partial charge is 0.239 e. The van der Waals surface area contributed by atoms with Crippen LogP contribution in [-0.2, 0) is 27.9 Å². The number of nitrogens with zero attached hydrogens (tertiary/aromatic N) is 2. The van der Waals surface area contributed by atoms with E-state index in [1.807, 2.05) is 61.5 Å². The fourth-order valence-corrected chi connectivity index (χ4v) is 4.76. The summed E-state index contributed by atoms with van der Waals surface area (Å²) in [5, 5.41) is 5.05. The zero-order valence-corrected chi connectivity index (χ0v) is 19.3. The van der Waals surface area contributed by atoms with Gasteiger partial charge in [0.15, 0.2) is 0 Å². The molecule has 1 heterocycles. The van der Waals surface area contributed by atoms with Gasteiger partial charge in [0.25, 0.3) is 0 Å². The second-order valence-corrected chi connectivity index (χ2v) is 10.0. The Kier molecular flexibility index (Phi) is 6.04. The van der Waals surface area contributed by atoms with Crippen LogP contribution < -0.4 is 5.32 Å². The van der Waals surface area contributed by atoms with Gasteiger partial charge < -0.3 is 9.88 Å². The second kappa shape index (κ2) is 8.76. The van der Waals surface area contributed by atoms with Gasteiger partial charge in [0, 0.05) is 40.6 Å². The summed E-state index contributed by atoms with van der Waals surface area (Å²) in [7, 11) is -3.55. The standard InChI is InChI=1S/C25H27N3O3S/c1-4-28-23-8-6-5-7-21(23)22-15-20(13-14-24(22)28)26-25(29)17-27(32(3,30)31)16-19-11-9-18(2)10-12-19/h5-15H,4,16-17H2,1-3H3,(H,26,29). The predicted molar refractivity (Wildman–Crippen MR) is 130 cm³/mol. The quantitative estimate of drug-likeness (QED) is 0.451. The third-order valence-corrected chi connectivity index (χ3v) is 6.84. The molecule has 1 amide bonds. The van der Waals surface area contributed by atoms with Crippen molar-refractivity contribution >= 4 is 43.4 Å². The zero-order chi connectivity index (χ0) is 22.9. The van der Waals surface area contributed by atoms with E-state index < -0.39 is 10.0 Å². The molecule has 0 spiro atoms. The first-order chi connectivity index (χ1) is 15.3. The van der Waals surface area contributed by atoms with Crippen molar-refractivity contribution in [2.24, 2.45) is 0 Å². The summed E-state index contributed by atoms with van der Waals surface area (Å²) >= 11 is 0. The first-order valence-corrected chi connectivity index (χ1v) is 12.4. The molecule has 0 bridgehead atoms. The van der Waals surface area contributed by atoms with Gasteiger partial charge in [-0.3, -0.25) is 4.79 Å². The largest absolute Gasteiger partial charge is 0.341 e. The van der Waals surface area contributed by atoms with E-state index in [-0.39, 0.29) is 19.0 Å². The highest BCUT2D eigenvalue weighted by atomic mass is 32.2. The lowest BCUT2D eigenvalue weighted by Crippen LogP contribution is -2.36. The number of amides is 1.